The van der Waals surface area contributed by atoms with E-state index in [1.54, 1.807) is 23.1 Å². The van der Waals surface area contributed by atoms with E-state index in [9.17, 15) is 19.2 Å². The molecule has 0 radical (unpaired) electrons. The first-order valence-corrected chi connectivity index (χ1v) is 13.9. The largest absolute Gasteiger partial charge is 0.426 e. The number of aryl methyl sites for hydroxylation is 3. The maximum absolute atomic E-state index is 13.2. The minimum atomic E-state index is -0.561. The van der Waals surface area contributed by atoms with E-state index in [2.05, 4.69) is 13.8 Å². The van der Waals surface area contributed by atoms with Gasteiger partial charge in [-0.2, -0.15) is 0 Å². The van der Waals surface area contributed by atoms with Gasteiger partial charge in [-0.05, 0) is 85.8 Å². The highest BCUT2D eigenvalue weighted by molar-refractivity contribution is 6.23. The molecule has 4 fully saturated rings. The monoisotopic (exact) mass is 514 g/mol. The van der Waals surface area contributed by atoms with E-state index in [0.29, 0.717) is 35.4 Å². The highest BCUT2D eigenvalue weighted by Gasteiger charge is 2.61. The molecule has 2 heterocycles. The molecule has 2 aromatic rings. The summed E-state index contributed by atoms with van der Waals surface area (Å²) >= 11 is 0. The van der Waals surface area contributed by atoms with Crippen molar-refractivity contribution in [2.75, 3.05) is 16.3 Å². The van der Waals surface area contributed by atoms with Crippen LogP contribution in [0.4, 0.5) is 11.4 Å². The molecule has 0 spiro atoms. The third-order valence-corrected chi connectivity index (χ3v) is 9.25. The van der Waals surface area contributed by atoms with Crippen molar-refractivity contribution in [3.8, 4) is 5.75 Å². The first-order chi connectivity index (χ1) is 18.3. The number of benzene rings is 2. The summed E-state index contributed by atoms with van der Waals surface area (Å²) in [5.41, 5.74) is 4.40. The van der Waals surface area contributed by atoms with Crippen LogP contribution in [0.1, 0.15) is 56.2 Å². The number of amides is 3. The van der Waals surface area contributed by atoms with Gasteiger partial charge in [-0.3, -0.25) is 19.2 Å². The number of nitrogens with zero attached hydrogens (tertiary/aromatic N) is 2. The van der Waals surface area contributed by atoms with Gasteiger partial charge in [-0.1, -0.05) is 32.0 Å². The first-order valence-electron chi connectivity index (χ1n) is 13.9. The molecule has 0 N–H and O–H groups in total. The second-order valence-corrected chi connectivity index (χ2v) is 11.3. The van der Waals surface area contributed by atoms with E-state index < -0.39 is 11.9 Å². The van der Waals surface area contributed by atoms with E-state index >= 15 is 0 Å². The minimum absolute atomic E-state index is 0.0698. The highest BCUT2D eigenvalue weighted by Crippen LogP contribution is 2.56. The lowest BCUT2D eigenvalue weighted by molar-refractivity contribution is -0.139. The van der Waals surface area contributed by atoms with Crippen molar-refractivity contribution in [2.24, 2.45) is 29.6 Å². The number of anilines is 2. The average molecular weight is 515 g/mol. The van der Waals surface area contributed by atoms with Crippen molar-refractivity contribution in [3.63, 3.8) is 0 Å². The van der Waals surface area contributed by atoms with Crippen LogP contribution in [0.3, 0.4) is 0 Å². The van der Waals surface area contributed by atoms with Gasteiger partial charge in [0.15, 0.2) is 0 Å². The van der Waals surface area contributed by atoms with Crippen molar-refractivity contribution in [1.29, 1.82) is 0 Å². The highest BCUT2D eigenvalue weighted by atomic mass is 16.5. The fourth-order valence-electron chi connectivity index (χ4n) is 7.43. The van der Waals surface area contributed by atoms with Gasteiger partial charge in [-0.15, -0.1) is 0 Å². The Labute approximate surface area is 223 Å². The van der Waals surface area contributed by atoms with Crippen LogP contribution in [0.15, 0.2) is 36.4 Å². The molecule has 7 nitrogen and oxygen atoms in total. The fraction of sp³-hybridized carbons (Fsp3) is 0.484. The molecule has 38 heavy (non-hydrogen) atoms. The summed E-state index contributed by atoms with van der Waals surface area (Å²) in [6, 6.07) is 11.1. The molecule has 2 bridgehead atoms. The maximum Gasteiger partial charge on any atom is 0.316 e. The molecule has 198 valence electrons. The van der Waals surface area contributed by atoms with Crippen LogP contribution in [0.2, 0.25) is 0 Å². The van der Waals surface area contributed by atoms with Gasteiger partial charge in [0, 0.05) is 18.7 Å². The molecule has 2 saturated carbocycles. The Morgan fingerprint density at radius 1 is 0.947 bits per heavy atom. The number of carbonyl (C=O) groups is 4. The lowest BCUT2D eigenvalue weighted by Gasteiger charge is -2.23. The van der Waals surface area contributed by atoms with Gasteiger partial charge in [-0.25, -0.2) is 4.90 Å². The van der Waals surface area contributed by atoms with E-state index in [1.807, 2.05) is 25.1 Å². The van der Waals surface area contributed by atoms with Gasteiger partial charge < -0.3 is 9.64 Å². The van der Waals surface area contributed by atoms with Crippen LogP contribution in [0.5, 0.6) is 5.75 Å². The SMILES string of the molecule is CCc1cccc(CC)c1N1C[C@H](C(=O)Oc2ccc(N3C(=O)[C@H]4[C@H]5CC[C@@H](C5)[C@@H]4C3=O)c(C)c2)CC1=O. The second kappa shape index (κ2) is 9.37. The van der Waals surface area contributed by atoms with Crippen molar-refractivity contribution in [3.05, 3.63) is 53.1 Å². The Hall–Kier alpha value is -3.48. The summed E-state index contributed by atoms with van der Waals surface area (Å²) < 4.78 is 5.71. The molecule has 2 aliphatic heterocycles. The first kappa shape index (κ1) is 24.8. The lowest BCUT2D eigenvalue weighted by Crippen LogP contribution is -2.33. The van der Waals surface area contributed by atoms with Gasteiger partial charge in [0.05, 0.1) is 23.4 Å². The third kappa shape index (κ3) is 3.77. The van der Waals surface area contributed by atoms with Gasteiger partial charge in [0.1, 0.15) is 5.75 Å². The summed E-state index contributed by atoms with van der Waals surface area (Å²) in [6.07, 6.45) is 4.80. The summed E-state index contributed by atoms with van der Waals surface area (Å²) in [4.78, 5) is 55.6. The van der Waals surface area contributed by atoms with Crippen molar-refractivity contribution < 1.29 is 23.9 Å². The zero-order valence-corrected chi connectivity index (χ0v) is 22.2. The zero-order chi connectivity index (χ0) is 26.7. The Kier molecular flexibility index (Phi) is 6.12. The van der Waals surface area contributed by atoms with Crippen LogP contribution in [0, 0.1) is 36.5 Å². The fourth-order valence-corrected chi connectivity index (χ4v) is 7.43. The molecule has 4 aliphatic rings. The van der Waals surface area contributed by atoms with Crippen LogP contribution >= 0.6 is 0 Å². The number of para-hydroxylation sites is 1. The lowest BCUT2D eigenvalue weighted by atomic mass is 9.81. The van der Waals surface area contributed by atoms with E-state index in [1.165, 1.54) is 4.90 Å². The standard InChI is InChI=1S/C31H34N2O5/c1-4-18-7-6-8-19(5-2)28(18)32-16-22(15-25(32)34)31(37)38-23-11-12-24(17(3)13-23)33-29(35)26-20-9-10-21(14-20)27(26)30(33)36/h6-8,11-13,20-22,26-27H,4-5,9-10,14-16H2,1-3H3/t20-,21-,22+,26-,27-/m0/s1. The molecule has 2 aliphatic carbocycles. The molecule has 7 heteroatoms. The second-order valence-electron chi connectivity index (χ2n) is 11.3. The molecule has 6 rings (SSSR count). The number of hydrogen-bond acceptors (Lipinski definition) is 5. The van der Waals surface area contributed by atoms with E-state index in [0.717, 1.165) is 48.9 Å². The predicted molar refractivity (Wildman–Crippen MR) is 143 cm³/mol. The smallest absolute Gasteiger partial charge is 0.316 e. The van der Waals surface area contributed by atoms with E-state index in [4.69, 9.17) is 4.74 Å². The molecular weight excluding hydrogens is 480 g/mol. The number of imide groups is 1. The molecule has 0 aromatic heterocycles. The molecule has 2 saturated heterocycles. The summed E-state index contributed by atoms with van der Waals surface area (Å²) in [5, 5.41) is 0. The van der Waals surface area contributed by atoms with Crippen LogP contribution in [-0.4, -0.2) is 30.2 Å². The summed E-state index contributed by atoms with van der Waals surface area (Å²) in [5.74, 6) is -0.569. The van der Waals surface area contributed by atoms with Crippen molar-refractivity contribution >= 4 is 35.1 Å². The normalized spacial score (nSPS) is 28.0. The Bertz CT molecular complexity index is 1300. The van der Waals surface area contributed by atoms with Crippen LogP contribution < -0.4 is 14.5 Å². The van der Waals surface area contributed by atoms with Crippen LogP contribution in [-0.2, 0) is 32.0 Å². The molecule has 0 unspecified atom stereocenters. The third-order valence-electron chi connectivity index (χ3n) is 9.25. The molecule has 5 atom stereocenters. The quantitative estimate of drug-likeness (QED) is 0.319. The minimum Gasteiger partial charge on any atom is -0.426 e. The predicted octanol–water partition coefficient (Wildman–Crippen LogP) is 4.61. The summed E-state index contributed by atoms with van der Waals surface area (Å²) in [7, 11) is 0. The molecule has 3 amide bonds. The van der Waals surface area contributed by atoms with Crippen molar-refractivity contribution in [1.82, 2.24) is 0 Å². The number of esters is 1. The van der Waals surface area contributed by atoms with Gasteiger partial charge in [0.25, 0.3) is 0 Å². The Morgan fingerprint density at radius 2 is 1.58 bits per heavy atom. The van der Waals surface area contributed by atoms with Crippen molar-refractivity contribution in [2.45, 2.75) is 59.3 Å². The Balaban J connectivity index is 1.17. The average Bonchev–Trinajstić information content (AvgIpc) is 3.68. The number of ether oxygens (including phenoxy) is 1. The summed E-state index contributed by atoms with van der Waals surface area (Å²) in [6.45, 7) is 6.25. The van der Waals surface area contributed by atoms with Crippen LogP contribution in [0.25, 0.3) is 0 Å². The maximum atomic E-state index is 13.2. The number of fused-ring (bicyclic) bond motifs is 5. The Morgan fingerprint density at radius 3 is 2.16 bits per heavy atom. The molecular formula is C31H34N2O5. The zero-order valence-electron chi connectivity index (χ0n) is 22.2. The van der Waals surface area contributed by atoms with E-state index in [-0.39, 0.29) is 36.0 Å². The number of carbonyl (C=O) groups excluding carboxylic acids is 4. The number of hydrogen-bond donors (Lipinski definition) is 0. The molecule has 2 aromatic carbocycles. The van der Waals surface area contributed by atoms with Gasteiger partial charge in [0.2, 0.25) is 17.7 Å². The topological polar surface area (TPSA) is 84.0 Å². The van der Waals surface area contributed by atoms with Gasteiger partial charge >= 0.3 is 5.97 Å². The number of rotatable bonds is 6.